The van der Waals surface area contributed by atoms with Crippen LogP contribution in [0.2, 0.25) is 0 Å². The van der Waals surface area contributed by atoms with Gasteiger partial charge in [0, 0.05) is 30.7 Å². The van der Waals surface area contributed by atoms with Crippen molar-refractivity contribution in [2.24, 2.45) is 7.05 Å². The van der Waals surface area contributed by atoms with Crippen LogP contribution >= 0.6 is 0 Å². The van der Waals surface area contributed by atoms with Crippen molar-refractivity contribution in [1.29, 1.82) is 0 Å². The second kappa shape index (κ2) is 10.5. The third-order valence-electron chi connectivity index (χ3n) is 7.26. The van der Waals surface area contributed by atoms with Crippen molar-refractivity contribution < 1.29 is 17.9 Å². The van der Waals surface area contributed by atoms with Gasteiger partial charge in [0.05, 0.1) is 11.9 Å². The van der Waals surface area contributed by atoms with E-state index >= 15 is 4.39 Å². The maximum absolute atomic E-state index is 15.1. The van der Waals surface area contributed by atoms with Gasteiger partial charge in [-0.25, -0.2) is 22.9 Å². The Morgan fingerprint density at radius 2 is 2.03 bits per heavy atom. The first kappa shape index (κ1) is 26.9. The third kappa shape index (κ3) is 5.56. The fraction of sp³-hybridized carbons (Fsp3) is 0.560. The van der Waals surface area contributed by atoms with Crippen LogP contribution < -0.4 is 21.1 Å². The number of anilines is 3. The fourth-order valence-electron chi connectivity index (χ4n) is 5.55. The average Bonchev–Trinajstić information content (AvgIpc) is 3.48. The zero-order chi connectivity index (χ0) is 27.9. The molecule has 0 amide bonds. The van der Waals surface area contributed by atoms with E-state index in [4.69, 9.17) is 4.74 Å². The molecule has 0 unspecified atom stereocenters. The Bertz CT molecular complexity index is 1410. The summed E-state index contributed by atoms with van der Waals surface area (Å²) in [5.74, 6) is -1.55. The van der Waals surface area contributed by atoms with Crippen LogP contribution in [0.4, 0.5) is 30.6 Å². The molecule has 2 aliphatic rings. The predicted molar refractivity (Wildman–Crippen MR) is 138 cm³/mol. The van der Waals surface area contributed by atoms with Gasteiger partial charge in [0.15, 0.2) is 17.5 Å². The van der Waals surface area contributed by atoms with Gasteiger partial charge in [0.2, 0.25) is 5.95 Å². The number of halogens is 3. The maximum atomic E-state index is 15.1. The molecule has 2 aliphatic heterocycles. The van der Waals surface area contributed by atoms with Crippen LogP contribution in [0.1, 0.15) is 46.5 Å². The van der Waals surface area contributed by atoms with Crippen molar-refractivity contribution in [3.8, 4) is 11.4 Å². The molecule has 2 fully saturated rings. The topological polar surface area (TPSA) is 115 Å². The summed E-state index contributed by atoms with van der Waals surface area (Å²) in [6, 6.07) is 2.70. The van der Waals surface area contributed by atoms with E-state index in [2.05, 4.69) is 49.8 Å². The van der Waals surface area contributed by atoms with E-state index in [0.29, 0.717) is 6.04 Å². The Labute approximate surface area is 223 Å². The Morgan fingerprint density at radius 3 is 2.74 bits per heavy atom. The maximum Gasteiger partial charge on any atom is 0.368 e. The van der Waals surface area contributed by atoms with Crippen LogP contribution in [0.3, 0.4) is 0 Å². The normalized spacial score (nSPS) is 21.4. The number of fused-ring (bicyclic) bond motifs is 1. The van der Waals surface area contributed by atoms with Crippen LogP contribution in [0.25, 0.3) is 5.69 Å². The molecule has 0 radical (unpaired) electrons. The zero-order valence-corrected chi connectivity index (χ0v) is 22.3. The first-order valence-corrected chi connectivity index (χ1v) is 12.9. The van der Waals surface area contributed by atoms with Gasteiger partial charge in [-0.15, -0.1) is 0 Å². The molecule has 210 valence electrons. The SMILES string of the molecule is C[C@H](F)COc1cc(F)c(Nc2ncc(F)c(N[C@@H]3C[C@H]4CCCN4C(C)(C)C3)n2)cc1-n1nnn(C)c1=O. The van der Waals surface area contributed by atoms with E-state index in [-0.39, 0.29) is 47.1 Å². The number of nitrogens with one attached hydrogen (secondary N) is 2. The van der Waals surface area contributed by atoms with Crippen LogP contribution in [0, 0.1) is 11.6 Å². The van der Waals surface area contributed by atoms with Crippen molar-refractivity contribution in [1.82, 2.24) is 34.7 Å². The van der Waals surface area contributed by atoms with Gasteiger partial charge in [-0.1, -0.05) is 0 Å². The predicted octanol–water partition coefficient (Wildman–Crippen LogP) is 3.33. The molecule has 2 aromatic heterocycles. The first-order valence-electron chi connectivity index (χ1n) is 12.9. The molecule has 0 saturated carbocycles. The number of aromatic nitrogens is 6. The molecule has 11 nitrogen and oxygen atoms in total. The minimum absolute atomic E-state index is 0.0118. The summed E-state index contributed by atoms with van der Waals surface area (Å²) in [5.41, 5.74) is -0.736. The molecule has 5 rings (SSSR count). The number of tetrazole rings is 1. The number of hydrogen-bond acceptors (Lipinski definition) is 9. The Kier molecular flexibility index (Phi) is 7.23. The van der Waals surface area contributed by atoms with Crippen molar-refractivity contribution in [2.45, 2.75) is 70.2 Å². The number of hydrogen-bond donors (Lipinski definition) is 2. The molecule has 0 aliphatic carbocycles. The fourth-order valence-corrected chi connectivity index (χ4v) is 5.55. The minimum atomic E-state index is -1.33. The van der Waals surface area contributed by atoms with Gasteiger partial charge < -0.3 is 15.4 Å². The van der Waals surface area contributed by atoms with Crippen molar-refractivity contribution >= 4 is 17.5 Å². The molecule has 14 heteroatoms. The quantitative estimate of drug-likeness (QED) is 0.438. The van der Waals surface area contributed by atoms with Crippen molar-refractivity contribution in [3.05, 3.63) is 40.4 Å². The monoisotopic (exact) mass is 547 g/mol. The largest absolute Gasteiger partial charge is 0.488 e. The number of benzene rings is 1. The number of piperidine rings is 1. The number of aryl methyl sites for hydroxylation is 1. The van der Waals surface area contributed by atoms with Gasteiger partial charge in [0.1, 0.15) is 24.2 Å². The van der Waals surface area contributed by atoms with E-state index in [9.17, 15) is 13.6 Å². The van der Waals surface area contributed by atoms with Crippen molar-refractivity contribution in [2.75, 3.05) is 23.8 Å². The number of rotatable bonds is 8. The van der Waals surface area contributed by atoms with Crippen LogP contribution in [-0.4, -0.2) is 71.6 Å². The number of nitrogens with zero attached hydrogens (tertiary/aromatic N) is 7. The van der Waals surface area contributed by atoms with Gasteiger partial charge in [-0.05, 0) is 69.5 Å². The number of ether oxygens (including phenoxy) is 1. The van der Waals surface area contributed by atoms with E-state index in [1.807, 2.05) is 0 Å². The van der Waals surface area contributed by atoms with Crippen LogP contribution in [-0.2, 0) is 7.05 Å². The van der Waals surface area contributed by atoms with Gasteiger partial charge >= 0.3 is 5.69 Å². The standard InChI is InChI=1S/C25H32F3N9O2/c1-14(26)13-39-21-9-17(27)19(10-20(21)37-24(38)35(4)33-34-37)31-23-29-12-18(28)22(32-23)30-15-8-16-6-5-7-36(16)25(2,3)11-15/h9-10,12,14-16H,5-8,11,13H2,1-4H3,(H2,29,30,31,32)/t14-,15+,16+/m0/s1. The highest BCUT2D eigenvalue weighted by Gasteiger charge is 2.43. The second-order valence-corrected chi connectivity index (χ2v) is 10.8. The van der Waals surface area contributed by atoms with Crippen LogP contribution in [0.5, 0.6) is 5.75 Å². The summed E-state index contributed by atoms with van der Waals surface area (Å²) >= 11 is 0. The number of alkyl halides is 1. The molecule has 39 heavy (non-hydrogen) atoms. The molecule has 2 saturated heterocycles. The third-order valence-corrected chi connectivity index (χ3v) is 7.26. The minimum Gasteiger partial charge on any atom is -0.488 e. The average molecular weight is 548 g/mol. The smallest absolute Gasteiger partial charge is 0.368 e. The molecule has 3 atom stereocenters. The Balaban J connectivity index is 1.41. The molecular formula is C25H32F3N9O2. The van der Waals surface area contributed by atoms with E-state index in [1.54, 1.807) is 0 Å². The summed E-state index contributed by atoms with van der Waals surface area (Å²) in [5, 5.41) is 13.4. The van der Waals surface area contributed by atoms with E-state index < -0.39 is 23.5 Å². The van der Waals surface area contributed by atoms with Crippen molar-refractivity contribution in [3.63, 3.8) is 0 Å². The summed E-state index contributed by atoms with van der Waals surface area (Å²) in [7, 11) is 1.40. The summed E-state index contributed by atoms with van der Waals surface area (Å²) in [6.45, 7) is 6.40. The highest BCUT2D eigenvalue weighted by molar-refractivity contribution is 5.63. The summed E-state index contributed by atoms with van der Waals surface area (Å²) in [4.78, 5) is 23.2. The molecule has 2 N–H and O–H groups in total. The molecule has 1 aromatic carbocycles. The molecule has 3 aromatic rings. The Hall–Kier alpha value is -3.68. The highest BCUT2D eigenvalue weighted by atomic mass is 19.1. The van der Waals surface area contributed by atoms with Gasteiger partial charge in [0.25, 0.3) is 0 Å². The first-order chi connectivity index (χ1) is 18.5. The lowest BCUT2D eigenvalue weighted by molar-refractivity contribution is 0.0500. The van der Waals surface area contributed by atoms with E-state index in [1.165, 1.54) is 20.0 Å². The molecule has 4 heterocycles. The van der Waals surface area contributed by atoms with Gasteiger partial charge in [-0.3, -0.25) is 4.90 Å². The Morgan fingerprint density at radius 1 is 1.23 bits per heavy atom. The highest BCUT2D eigenvalue weighted by Crippen LogP contribution is 2.38. The summed E-state index contributed by atoms with van der Waals surface area (Å²) in [6.07, 6.45) is 3.64. The van der Waals surface area contributed by atoms with Crippen LogP contribution in [0.15, 0.2) is 23.1 Å². The lowest BCUT2D eigenvalue weighted by Gasteiger charge is -2.47. The zero-order valence-electron chi connectivity index (χ0n) is 22.3. The van der Waals surface area contributed by atoms with E-state index in [0.717, 1.165) is 53.9 Å². The van der Waals surface area contributed by atoms with Gasteiger partial charge in [-0.2, -0.15) is 14.3 Å². The second-order valence-electron chi connectivity index (χ2n) is 10.8. The molecule has 0 spiro atoms. The molecular weight excluding hydrogens is 515 g/mol. The lowest BCUT2D eigenvalue weighted by Crippen LogP contribution is -2.55. The summed E-state index contributed by atoms with van der Waals surface area (Å²) < 4.78 is 50.6. The lowest BCUT2D eigenvalue weighted by atomic mass is 9.84. The molecule has 0 bridgehead atoms.